The van der Waals surface area contributed by atoms with Crippen molar-refractivity contribution in [3.05, 3.63) is 34.3 Å². The molecule has 1 atom stereocenters. The zero-order valence-electron chi connectivity index (χ0n) is 10.4. The van der Waals surface area contributed by atoms with Crippen molar-refractivity contribution < 1.29 is 4.79 Å². The highest BCUT2D eigenvalue weighted by molar-refractivity contribution is 6.31. The first-order chi connectivity index (χ1) is 8.58. The van der Waals surface area contributed by atoms with Crippen LogP contribution in [0.3, 0.4) is 0 Å². The van der Waals surface area contributed by atoms with Crippen LogP contribution in [-0.4, -0.2) is 36.5 Å². The lowest BCUT2D eigenvalue weighted by Gasteiger charge is -2.34. The Morgan fingerprint density at radius 2 is 2.39 bits per heavy atom. The first-order valence-corrected chi connectivity index (χ1v) is 6.48. The van der Waals surface area contributed by atoms with Gasteiger partial charge in [-0.3, -0.25) is 9.69 Å². The highest BCUT2D eigenvalue weighted by atomic mass is 35.5. The number of nitrogens with zero attached hydrogens (tertiary/aromatic N) is 1. The molecule has 1 aliphatic rings. The maximum Gasteiger partial charge on any atom is 0.248 e. The van der Waals surface area contributed by atoms with Gasteiger partial charge in [-0.25, -0.2) is 0 Å². The Bertz CT molecular complexity index is 450. The van der Waals surface area contributed by atoms with Crippen molar-refractivity contribution >= 4 is 17.5 Å². The van der Waals surface area contributed by atoms with Crippen LogP contribution in [0.15, 0.2) is 18.2 Å². The van der Waals surface area contributed by atoms with Gasteiger partial charge < -0.3 is 11.1 Å². The van der Waals surface area contributed by atoms with Gasteiger partial charge in [0, 0.05) is 42.8 Å². The second kappa shape index (κ2) is 5.69. The van der Waals surface area contributed by atoms with Crippen LogP contribution in [0, 0.1) is 0 Å². The van der Waals surface area contributed by atoms with Crippen LogP contribution in [0.2, 0.25) is 5.02 Å². The van der Waals surface area contributed by atoms with Gasteiger partial charge in [-0.2, -0.15) is 0 Å². The summed E-state index contributed by atoms with van der Waals surface area (Å²) in [7, 11) is 0. The summed E-state index contributed by atoms with van der Waals surface area (Å²) in [5.74, 6) is -0.445. The average Bonchev–Trinajstić information content (AvgIpc) is 2.34. The van der Waals surface area contributed by atoms with Crippen LogP contribution in [-0.2, 0) is 6.54 Å². The molecule has 1 saturated heterocycles. The van der Waals surface area contributed by atoms with E-state index in [1.807, 2.05) is 6.07 Å². The van der Waals surface area contributed by atoms with Crippen molar-refractivity contribution in [1.29, 1.82) is 0 Å². The molecule has 1 aromatic carbocycles. The van der Waals surface area contributed by atoms with Crippen molar-refractivity contribution in [2.45, 2.75) is 19.5 Å². The fraction of sp³-hybridized carbons (Fsp3) is 0.462. The zero-order chi connectivity index (χ0) is 13.1. The minimum Gasteiger partial charge on any atom is -0.366 e. The third kappa shape index (κ3) is 3.02. The van der Waals surface area contributed by atoms with Gasteiger partial charge in [0.25, 0.3) is 0 Å². The van der Waals surface area contributed by atoms with Crippen LogP contribution in [0.5, 0.6) is 0 Å². The van der Waals surface area contributed by atoms with E-state index in [4.69, 9.17) is 17.3 Å². The molecule has 0 bridgehead atoms. The number of carbonyl (C=O) groups is 1. The van der Waals surface area contributed by atoms with Crippen molar-refractivity contribution in [1.82, 2.24) is 10.2 Å². The van der Waals surface area contributed by atoms with E-state index in [0.29, 0.717) is 16.6 Å². The van der Waals surface area contributed by atoms with Gasteiger partial charge in [-0.05, 0) is 24.6 Å². The summed E-state index contributed by atoms with van der Waals surface area (Å²) < 4.78 is 0. The lowest BCUT2D eigenvalue weighted by molar-refractivity contribution is 0.1000. The van der Waals surface area contributed by atoms with Gasteiger partial charge in [0.1, 0.15) is 0 Å². The maximum atomic E-state index is 11.1. The number of carbonyl (C=O) groups excluding carboxylic acids is 1. The minimum absolute atomic E-state index is 0.445. The van der Waals surface area contributed by atoms with Crippen LogP contribution < -0.4 is 11.1 Å². The number of hydrogen-bond acceptors (Lipinski definition) is 3. The second-order valence-corrected chi connectivity index (χ2v) is 5.10. The lowest BCUT2D eigenvalue weighted by Crippen LogP contribution is -2.49. The quantitative estimate of drug-likeness (QED) is 0.866. The van der Waals surface area contributed by atoms with E-state index < -0.39 is 5.91 Å². The van der Waals surface area contributed by atoms with Crippen molar-refractivity contribution in [2.75, 3.05) is 19.6 Å². The molecular formula is C13H18ClN3O. The molecule has 4 nitrogen and oxygen atoms in total. The van der Waals surface area contributed by atoms with E-state index in [2.05, 4.69) is 17.1 Å². The summed E-state index contributed by atoms with van der Waals surface area (Å²) in [4.78, 5) is 13.4. The van der Waals surface area contributed by atoms with Crippen LogP contribution in [0.1, 0.15) is 22.8 Å². The Kier molecular flexibility index (Phi) is 4.22. The summed E-state index contributed by atoms with van der Waals surface area (Å²) in [6.45, 7) is 6.01. The summed E-state index contributed by atoms with van der Waals surface area (Å²) in [6.07, 6.45) is 0. The monoisotopic (exact) mass is 267 g/mol. The molecule has 0 spiro atoms. The minimum atomic E-state index is -0.445. The largest absolute Gasteiger partial charge is 0.366 e. The third-order valence-electron chi connectivity index (χ3n) is 3.35. The van der Waals surface area contributed by atoms with Crippen molar-refractivity contribution in [3.63, 3.8) is 0 Å². The van der Waals surface area contributed by atoms with Gasteiger partial charge in [-0.1, -0.05) is 17.7 Å². The number of piperazine rings is 1. The first kappa shape index (κ1) is 13.3. The fourth-order valence-electron chi connectivity index (χ4n) is 2.17. The molecule has 18 heavy (non-hydrogen) atoms. The standard InChI is InChI=1S/C13H18ClN3O/c1-9-7-16-4-5-17(9)8-11-3-2-10(13(15)18)6-12(11)14/h2-3,6,9,16H,4-5,7-8H2,1H3,(H2,15,18)/t9-/m0/s1. The number of nitrogens with one attached hydrogen (secondary N) is 1. The molecule has 0 aliphatic carbocycles. The second-order valence-electron chi connectivity index (χ2n) is 4.69. The van der Waals surface area contributed by atoms with E-state index in [0.717, 1.165) is 31.7 Å². The van der Waals surface area contributed by atoms with Gasteiger partial charge in [0.15, 0.2) is 0 Å². The lowest BCUT2D eigenvalue weighted by atomic mass is 10.1. The Hall–Kier alpha value is -1.10. The fourth-order valence-corrected chi connectivity index (χ4v) is 2.41. The molecule has 2 rings (SSSR count). The number of nitrogens with two attached hydrogens (primary N) is 1. The Balaban J connectivity index is 2.11. The Labute approximate surface area is 112 Å². The van der Waals surface area contributed by atoms with E-state index in [9.17, 15) is 4.79 Å². The van der Waals surface area contributed by atoms with Crippen LogP contribution in [0.25, 0.3) is 0 Å². The van der Waals surface area contributed by atoms with Gasteiger partial charge in [0.2, 0.25) is 5.91 Å². The van der Waals surface area contributed by atoms with Gasteiger partial charge in [-0.15, -0.1) is 0 Å². The normalized spacial score (nSPS) is 20.9. The van der Waals surface area contributed by atoms with Gasteiger partial charge >= 0.3 is 0 Å². The molecule has 1 aromatic rings. The summed E-state index contributed by atoms with van der Waals surface area (Å²) in [5.41, 5.74) is 6.72. The van der Waals surface area contributed by atoms with E-state index in [-0.39, 0.29) is 0 Å². The van der Waals surface area contributed by atoms with E-state index in [1.165, 1.54) is 0 Å². The number of benzene rings is 1. The molecule has 1 fully saturated rings. The molecule has 1 aliphatic heterocycles. The maximum absolute atomic E-state index is 11.1. The summed E-state index contributed by atoms with van der Waals surface area (Å²) in [5, 5.41) is 3.96. The number of primary amides is 1. The van der Waals surface area contributed by atoms with Crippen LogP contribution in [0.4, 0.5) is 0 Å². The molecule has 98 valence electrons. The van der Waals surface area contributed by atoms with Crippen molar-refractivity contribution in [3.8, 4) is 0 Å². The molecule has 0 unspecified atom stereocenters. The summed E-state index contributed by atoms with van der Waals surface area (Å²) >= 11 is 6.19. The van der Waals surface area contributed by atoms with E-state index >= 15 is 0 Å². The van der Waals surface area contributed by atoms with Crippen LogP contribution >= 0.6 is 11.6 Å². The SMILES string of the molecule is C[C@H]1CNCCN1Cc1ccc(C(N)=O)cc1Cl. The smallest absolute Gasteiger partial charge is 0.248 e. The molecular weight excluding hydrogens is 250 g/mol. The number of amides is 1. The molecule has 5 heteroatoms. The number of halogens is 1. The molecule has 0 radical (unpaired) electrons. The predicted octanol–water partition coefficient (Wildman–Crippen LogP) is 1.23. The summed E-state index contributed by atoms with van der Waals surface area (Å²) in [6, 6.07) is 5.75. The first-order valence-electron chi connectivity index (χ1n) is 6.11. The highest BCUT2D eigenvalue weighted by Crippen LogP contribution is 2.20. The average molecular weight is 268 g/mol. The van der Waals surface area contributed by atoms with Crippen molar-refractivity contribution in [2.24, 2.45) is 5.73 Å². The zero-order valence-corrected chi connectivity index (χ0v) is 11.2. The highest BCUT2D eigenvalue weighted by Gasteiger charge is 2.18. The molecule has 1 amide bonds. The molecule has 3 N–H and O–H groups in total. The van der Waals surface area contributed by atoms with Gasteiger partial charge in [0.05, 0.1) is 0 Å². The molecule has 0 aromatic heterocycles. The van der Waals surface area contributed by atoms with E-state index in [1.54, 1.807) is 12.1 Å². The molecule has 0 saturated carbocycles. The molecule has 1 heterocycles. The number of hydrogen-bond donors (Lipinski definition) is 2. The Morgan fingerprint density at radius 3 is 3.00 bits per heavy atom. The third-order valence-corrected chi connectivity index (χ3v) is 3.70. The predicted molar refractivity (Wildman–Crippen MR) is 72.7 cm³/mol. The number of rotatable bonds is 3. The Morgan fingerprint density at radius 1 is 1.61 bits per heavy atom. The topological polar surface area (TPSA) is 58.4 Å².